The van der Waals surface area contributed by atoms with Crippen LogP contribution in [-0.4, -0.2) is 27.4 Å². The standard InChI is InChI=1S/C21H24FN3O/c1-21-12-18(16-7-2-3-8-17(16)22)25(14-15-6-5-11-23-13-15)19(21)9-4-10-20(26)24-21/h2-3,5-8,11,13,18-19H,4,9-10,12,14H2,1H3,(H,24,26)/t18-,19-,21-/m0/s1. The van der Waals surface area contributed by atoms with E-state index in [0.29, 0.717) is 24.9 Å². The lowest BCUT2D eigenvalue weighted by atomic mass is 9.88. The molecule has 1 aromatic heterocycles. The lowest BCUT2D eigenvalue weighted by molar-refractivity contribution is -0.122. The van der Waals surface area contributed by atoms with Crippen LogP contribution in [0.4, 0.5) is 4.39 Å². The van der Waals surface area contributed by atoms with Gasteiger partial charge < -0.3 is 5.32 Å². The van der Waals surface area contributed by atoms with E-state index in [1.807, 2.05) is 24.4 Å². The molecule has 2 aliphatic heterocycles. The average molecular weight is 353 g/mol. The van der Waals surface area contributed by atoms with Crippen LogP contribution in [0.5, 0.6) is 0 Å². The molecule has 1 N–H and O–H groups in total. The Labute approximate surface area is 153 Å². The summed E-state index contributed by atoms with van der Waals surface area (Å²) in [5, 5.41) is 3.23. The largest absolute Gasteiger partial charge is 0.349 e. The van der Waals surface area contributed by atoms with Crippen LogP contribution in [0.3, 0.4) is 0 Å². The molecule has 4 rings (SSSR count). The highest BCUT2D eigenvalue weighted by molar-refractivity contribution is 5.77. The molecule has 1 amide bonds. The van der Waals surface area contributed by atoms with Gasteiger partial charge in [0.2, 0.25) is 5.91 Å². The molecule has 1 aromatic carbocycles. The van der Waals surface area contributed by atoms with Crippen LogP contribution in [0.2, 0.25) is 0 Å². The fourth-order valence-electron chi connectivity index (χ4n) is 4.65. The minimum Gasteiger partial charge on any atom is -0.349 e. The van der Waals surface area contributed by atoms with Crippen LogP contribution in [0, 0.1) is 5.82 Å². The number of nitrogens with zero attached hydrogens (tertiary/aromatic N) is 2. The van der Waals surface area contributed by atoms with Gasteiger partial charge in [0, 0.05) is 43.0 Å². The maximum atomic E-state index is 14.6. The summed E-state index contributed by atoms with van der Waals surface area (Å²) in [6.45, 7) is 2.81. The molecule has 0 unspecified atom stereocenters. The summed E-state index contributed by atoms with van der Waals surface area (Å²) < 4.78 is 14.6. The fourth-order valence-corrected chi connectivity index (χ4v) is 4.65. The number of likely N-dealkylation sites (tertiary alicyclic amines) is 1. The summed E-state index contributed by atoms with van der Waals surface area (Å²) in [5.41, 5.74) is 1.47. The summed E-state index contributed by atoms with van der Waals surface area (Å²) in [5.74, 6) is -0.0782. The third-order valence-electron chi connectivity index (χ3n) is 5.81. The minimum absolute atomic E-state index is 0.0650. The summed E-state index contributed by atoms with van der Waals surface area (Å²) in [6, 6.07) is 11.1. The number of nitrogens with one attached hydrogen (secondary N) is 1. The van der Waals surface area contributed by atoms with E-state index in [9.17, 15) is 9.18 Å². The number of benzene rings is 1. The number of rotatable bonds is 3. The first-order valence-electron chi connectivity index (χ1n) is 9.27. The number of hydrogen-bond donors (Lipinski definition) is 1. The van der Waals surface area contributed by atoms with Crippen LogP contribution in [0.1, 0.15) is 49.8 Å². The molecule has 136 valence electrons. The molecule has 3 heterocycles. The van der Waals surface area contributed by atoms with Gasteiger partial charge in [-0.1, -0.05) is 24.3 Å². The highest BCUT2D eigenvalue weighted by atomic mass is 19.1. The molecule has 0 radical (unpaired) electrons. The lowest BCUT2D eigenvalue weighted by Crippen LogP contribution is -2.52. The Morgan fingerprint density at radius 2 is 2.15 bits per heavy atom. The van der Waals surface area contributed by atoms with Gasteiger partial charge in [-0.2, -0.15) is 0 Å². The van der Waals surface area contributed by atoms with Crippen LogP contribution in [0.15, 0.2) is 48.8 Å². The molecule has 2 saturated heterocycles. The number of carbonyl (C=O) groups is 1. The van der Waals surface area contributed by atoms with E-state index in [2.05, 4.69) is 28.2 Å². The minimum atomic E-state index is -0.345. The number of halogens is 1. The van der Waals surface area contributed by atoms with Crippen molar-refractivity contribution in [1.82, 2.24) is 15.2 Å². The maximum absolute atomic E-state index is 14.6. The van der Waals surface area contributed by atoms with Gasteiger partial charge in [0.05, 0.1) is 5.54 Å². The van der Waals surface area contributed by atoms with Crippen molar-refractivity contribution in [2.24, 2.45) is 0 Å². The molecule has 2 fully saturated rings. The molecule has 2 aromatic rings. The van der Waals surface area contributed by atoms with Crippen molar-refractivity contribution >= 4 is 5.91 Å². The zero-order chi connectivity index (χ0) is 18.1. The van der Waals surface area contributed by atoms with Gasteiger partial charge in [0.25, 0.3) is 0 Å². The van der Waals surface area contributed by atoms with Crippen molar-refractivity contribution < 1.29 is 9.18 Å². The molecule has 0 aliphatic carbocycles. The predicted octanol–water partition coefficient (Wildman–Crippen LogP) is 3.60. The van der Waals surface area contributed by atoms with E-state index in [-0.39, 0.29) is 29.3 Å². The highest BCUT2D eigenvalue weighted by Gasteiger charge is 2.51. The van der Waals surface area contributed by atoms with Crippen molar-refractivity contribution in [3.63, 3.8) is 0 Å². The van der Waals surface area contributed by atoms with Crippen molar-refractivity contribution in [1.29, 1.82) is 0 Å². The van der Waals surface area contributed by atoms with Crippen LogP contribution < -0.4 is 5.32 Å². The first-order chi connectivity index (χ1) is 12.6. The van der Waals surface area contributed by atoms with Crippen molar-refractivity contribution in [3.8, 4) is 0 Å². The van der Waals surface area contributed by atoms with Crippen LogP contribution in [-0.2, 0) is 11.3 Å². The van der Waals surface area contributed by atoms with Crippen molar-refractivity contribution in [2.75, 3.05) is 0 Å². The Morgan fingerprint density at radius 1 is 1.31 bits per heavy atom. The fraction of sp³-hybridized carbons (Fsp3) is 0.429. The Kier molecular flexibility index (Phi) is 4.49. The lowest BCUT2D eigenvalue weighted by Gasteiger charge is -2.35. The van der Waals surface area contributed by atoms with Gasteiger partial charge in [-0.25, -0.2) is 4.39 Å². The molecule has 0 saturated carbocycles. The Morgan fingerprint density at radius 3 is 2.92 bits per heavy atom. The zero-order valence-electron chi connectivity index (χ0n) is 15.0. The van der Waals surface area contributed by atoms with Crippen LogP contribution in [0.25, 0.3) is 0 Å². The molecular weight excluding hydrogens is 329 g/mol. The molecule has 3 atom stereocenters. The Hall–Kier alpha value is -2.27. The molecule has 2 aliphatic rings. The van der Waals surface area contributed by atoms with Gasteiger partial charge >= 0.3 is 0 Å². The first-order valence-corrected chi connectivity index (χ1v) is 9.27. The number of pyridine rings is 1. The summed E-state index contributed by atoms with van der Waals surface area (Å²) >= 11 is 0. The second-order valence-electron chi connectivity index (χ2n) is 7.65. The number of carbonyl (C=O) groups excluding carboxylic acids is 1. The topological polar surface area (TPSA) is 45.2 Å². The predicted molar refractivity (Wildman–Crippen MR) is 97.7 cm³/mol. The third kappa shape index (κ3) is 3.12. The maximum Gasteiger partial charge on any atom is 0.220 e. The van der Waals surface area contributed by atoms with Crippen LogP contribution >= 0.6 is 0 Å². The van der Waals surface area contributed by atoms with Gasteiger partial charge in [-0.15, -0.1) is 0 Å². The molecule has 0 bridgehead atoms. The normalized spacial score (nSPS) is 29.1. The second kappa shape index (κ2) is 6.80. The van der Waals surface area contributed by atoms with Gasteiger partial charge in [0.1, 0.15) is 5.82 Å². The van der Waals surface area contributed by atoms with Crippen molar-refractivity contribution in [2.45, 2.75) is 56.8 Å². The van der Waals surface area contributed by atoms with Gasteiger partial charge in [-0.3, -0.25) is 14.7 Å². The van der Waals surface area contributed by atoms with E-state index in [1.54, 1.807) is 12.3 Å². The second-order valence-corrected chi connectivity index (χ2v) is 7.65. The van der Waals surface area contributed by atoms with E-state index in [1.165, 1.54) is 6.07 Å². The smallest absolute Gasteiger partial charge is 0.220 e. The molecule has 5 heteroatoms. The Bertz CT molecular complexity index is 797. The van der Waals surface area contributed by atoms with E-state index >= 15 is 0 Å². The summed E-state index contributed by atoms with van der Waals surface area (Å²) in [4.78, 5) is 18.8. The quantitative estimate of drug-likeness (QED) is 0.917. The average Bonchev–Trinajstić information content (AvgIpc) is 2.79. The first kappa shape index (κ1) is 17.2. The van der Waals surface area contributed by atoms with Crippen molar-refractivity contribution in [3.05, 3.63) is 65.7 Å². The highest BCUT2D eigenvalue weighted by Crippen LogP contribution is 2.46. The monoisotopic (exact) mass is 353 g/mol. The number of aromatic nitrogens is 1. The number of amides is 1. The summed E-state index contributed by atoms with van der Waals surface area (Å²) in [7, 11) is 0. The van der Waals surface area contributed by atoms with E-state index in [0.717, 1.165) is 18.4 Å². The molecular formula is C21H24FN3O. The zero-order valence-corrected chi connectivity index (χ0v) is 15.0. The number of fused-ring (bicyclic) bond motifs is 1. The van der Waals surface area contributed by atoms with Gasteiger partial charge in [-0.05, 0) is 43.9 Å². The third-order valence-corrected chi connectivity index (χ3v) is 5.81. The van der Waals surface area contributed by atoms with E-state index < -0.39 is 0 Å². The molecule has 26 heavy (non-hydrogen) atoms. The summed E-state index contributed by atoms with van der Waals surface area (Å²) in [6.07, 6.45) is 6.70. The molecule has 4 nitrogen and oxygen atoms in total. The SMILES string of the molecule is C[C@]12C[C@@H](c3ccccc3F)N(Cc3cccnc3)[C@H]1CCCC(=O)N2. The molecule has 0 spiro atoms. The number of hydrogen-bond acceptors (Lipinski definition) is 3. The van der Waals surface area contributed by atoms with E-state index in [4.69, 9.17) is 0 Å². The Balaban J connectivity index is 1.73. The van der Waals surface area contributed by atoms with Gasteiger partial charge in [0.15, 0.2) is 0 Å².